The summed E-state index contributed by atoms with van der Waals surface area (Å²) in [5, 5.41) is 19.7. The van der Waals surface area contributed by atoms with Crippen LogP contribution in [0.1, 0.15) is 12.8 Å². The van der Waals surface area contributed by atoms with Gasteiger partial charge in [0, 0.05) is 19.7 Å². The Bertz CT molecular complexity index is 320. The predicted octanol–water partition coefficient (Wildman–Crippen LogP) is -0.937. The first kappa shape index (κ1) is 21.9. The molecular weight excluding hydrogens is 333 g/mol. The molecule has 1 amide bonds. The van der Waals surface area contributed by atoms with Crippen molar-refractivity contribution in [1.82, 2.24) is 16.0 Å². The highest BCUT2D eigenvalue weighted by molar-refractivity contribution is 5.85. The standard InChI is InChI=1S/C13H25N3O4.2ClH/c1-19-8-12(17)15-6-11-13(18)10(7-20-11)16-9-2-4-14-5-3-9;;/h9-11,13-14,16,18H,2-8H2,1H3,(H,15,17);2*1H/t10-,11-,13+;;/m1../s1. The summed E-state index contributed by atoms with van der Waals surface area (Å²) in [5.74, 6) is -0.196. The molecule has 4 N–H and O–H groups in total. The van der Waals surface area contributed by atoms with E-state index < -0.39 is 6.10 Å². The molecule has 7 nitrogen and oxygen atoms in total. The molecular formula is C13H27Cl2N3O4. The van der Waals surface area contributed by atoms with Crippen molar-refractivity contribution in [2.45, 2.75) is 37.1 Å². The van der Waals surface area contributed by atoms with Crippen LogP contribution in [0.3, 0.4) is 0 Å². The average Bonchev–Trinajstić information content (AvgIpc) is 2.79. The Labute approximate surface area is 143 Å². The molecule has 0 bridgehead atoms. The van der Waals surface area contributed by atoms with Crippen LogP contribution in [0.25, 0.3) is 0 Å². The molecule has 0 aromatic heterocycles. The van der Waals surface area contributed by atoms with Gasteiger partial charge in [-0.15, -0.1) is 24.8 Å². The highest BCUT2D eigenvalue weighted by Gasteiger charge is 2.36. The maximum absolute atomic E-state index is 11.3. The molecule has 2 fully saturated rings. The maximum atomic E-state index is 11.3. The number of amides is 1. The second kappa shape index (κ2) is 11.4. The fraction of sp³-hybridized carbons (Fsp3) is 0.923. The monoisotopic (exact) mass is 359 g/mol. The van der Waals surface area contributed by atoms with Gasteiger partial charge in [0.15, 0.2) is 0 Å². The zero-order valence-electron chi connectivity index (χ0n) is 12.7. The van der Waals surface area contributed by atoms with Crippen molar-refractivity contribution in [2.24, 2.45) is 0 Å². The zero-order valence-corrected chi connectivity index (χ0v) is 14.4. The van der Waals surface area contributed by atoms with Crippen LogP contribution in [0.5, 0.6) is 0 Å². The topological polar surface area (TPSA) is 91.9 Å². The van der Waals surface area contributed by atoms with Gasteiger partial charge >= 0.3 is 0 Å². The van der Waals surface area contributed by atoms with E-state index >= 15 is 0 Å². The van der Waals surface area contributed by atoms with Crippen LogP contribution in [-0.4, -0.2) is 75.3 Å². The second-order valence-corrected chi connectivity index (χ2v) is 5.40. The summed E-state index contributed by atoms with van der Waals surface area (Å²) < 4.78 is 10.3. The molecule has 3 atom stereocenters. The molecule has 2 saturated heterocycles. The molecule has 0 radical (unpaired) electrons. The van der Waals surface area contributed by atoms with Gasteiger partial charge in [0.2, 0.25) is 5.91 Å². The third-order valence-corrected chi connectivity index (χ3v) is 3.85. The quantitative estimate of drug-likeness (QED) is 0.489. The number of ether oxygens (including phenoxy) is 2. The largest absolute Gasteiger partial charge is 0.389 e. The number of nitrogens with one attached hydrogen (secondary N) is 3. The highest BCUT2D eigenvalue weighted by atomic mass is 35.5. The van der Waals surface area contributed by atoms with Crippen LogP contribution in [0.2, 0.25) is 0 Å². The molecule has 2 aliphatic heterocycles. The minimum Gasteiger partial charge on any atom is -0.389 e. The van der Waals surface area contributed by atoms with Gasteiger partial charge < -0.3 is 30.5 Å². The Kier molecular flexibility index (Phi) is 11.3. The van der Waals surface area contributed by atoms with Gasteiger partial charge in [-0.2, -0.15) is 0 Å². The van der Waals surface area contributed by atoms with E-state index in [0.29, 0.717) is 19.2 Å². The Balaban J connectivity index is 0.00000220. The van der Waals surface area contributed by atoms with Crippen molar-refractivity contribution >= 4 is 30.7 Å². The SMILES string of the molecule is COCC(=O)NC[C@H]1OC[C@@H](NC2CCNCC2)[C@@H]1O.Cl.Cl. The van der Waals surface area contributed by atoms with Gasteiger partial charge in [0.05, 0.1) is 18.8 Å². The Morgan fingerprint density at radius 1 is 1.36 bits per heavy atom. The van der Waals surface area contributed by atoms with E-state index in [-0.39, 0.29) is 49.5 Å². The van der Waals surface area contributed by atoms with Gasteiger partial charge in [0.1, 0.15) is 12.7 Å². The van der Waals surface area contributed by atoms with Gasteiger partial charge in [-0.1, -0.05) is 0 Å². The number of methoxy groups -OCH3 is 1. The minimum absolute atomic E-state index is 0. The second-order valence-electron chi connectivity index (χ2n) is 5.40. The molecule has 0 aromatic rings. The summed E-state index contributed by atoms with van der Waals surface area (Å²) >= 11 is 0. The van der Waals surface area contributed by atoms with Crippen LogP contribution in [0.15, 0.2) is 0 Å². The van der Waals surface area contributed by atoms with E-state index in [1.165, 1.54) is 7.11 Å². The van der Waals surface area contributed by atoms with Gasteiger partial charge in [-0.3, -0.25) is 4.79 Å². The van der Waals surface area contributed by atoms with Crippen molar-refractivity contribution in [2.75, 3.05) is 40.0 Å². The molecule has 2 aliphatic rings. The fourth-order valence-electron chi connectivity index (χ4n) is 2.70. The van der Waals surface area contributed by atoms with Crippen LogP contribution >= 0.6 is 24.8 Å². The van der Waals surface area contributed by atoms with Gasteiger partial charge in [0.25, 0.3) is 0 Å². The van der Waals surface area contributed by atoms with Crippen LogP contribution < -0.4 is 16.0 Å². The third kappa shape index (κ3) is 6.54. The summed E-state index contributed by atoms with van der Waals surface area (Å²) in [7, 11) is 1.47. The molecule has 0 aromatic carbocycles. The van der Waals surface area contributed by atoms with Crippen molar-refractivity contribution < 1.29 is 19.4 Å². The lowest BCUT2D eigenvalue weighted by Crippen LogP contribution is -2.50. The summed E-state index contributed by atoms with van der Waals surface area (Å²) in [6.45, 7) is 2.85. The number of hydrogen-bond acceptors (Lipinski definition) is 6. The Hall–Kier alpha value is -0.150. The molecule has 9 heteroatoms. The fourth-order valence-corrected chi connectivity index (χ4v) is 2.70. The molecule has 2 heterocycles. The van der Waals surface area contributed by atoms with Crippen LogP contribution in [-0.2, 0) is 14.3 Å². The summed E-state index contributed by atoms with van der Waals surface area (Å²) in [6.07, 6.45) is 1.19. The zero-order chi connectivity index (χ0) is 14.4. The van der Waals surface area contributed by atoms with E-state index in [9.17, 15) is 9.90 Å². The Morgan fingerprint density at radius 2 is 2.05 bits per heavy atom. The third-order valence-electron chi connectivity index (χ3n) is 3.85. The van der Waals surface area contributed by atoms with Crippen molar-refractivity contribution in [3.8, 4) is 0 Å². The van der Waals surface area contributed by atoms with E-state index in [1.54, 1.807) is 0 Å². The highest BCUT2D eigenvalue weighted by Crippen LogP contribution is 2.16. The van der Waals surface area contributed by atoms with Crippen molar-refractivity contribution in [3.05, 3.63) is 0 Å². The number of piperidine rings is 1. The molecule has 2 rings (SSSR count). The van der Waals surface area contributed by atoms with E-state index in [4.69, 9.17) is 9.47 Å². The Morgan fingerprint density at radius 3 is 2.68 bits per heavy atom. The molecule has 0 saturated carbocycles. The van der Waals surface area contributed by atoms with Gasteiger partial charge in [-0.25, -0.2) is 0 Å². The summed E-state index contributed by atoms with van der Waals surface area (Å²) in [6, 6.07) is 0.378. The van der Waals surface area contributed by atoms with E-state index in [2.05, 4.69) is 16.0 Å². The number of hydrogen-bond donors (Lipinski definition) is 4. The molecule has 132 valence electrons. The lowest BCUT2D eigenvalue weighted by molar-refractivity contribution is -0.125. The first-order chi connectivity index (χ1) is 9.70. The summed E-state index contributed by atoms with van der Waals surface area (Å²) in [5.41, 5.74) is 0. The first-order valence-corrected chi connectivity index (χ1v) is 7.22. The average molecular weight is 360 g/mol. The molecule has 0 spiro atoms. The number of aliphatic hydroxyl groups excluding tert-OH is 1. The van der Waals surface area contributed by atoms with Crippen LogP contribution in [0, 0.1) is 0 Å². The predicted molar refractivity (Wildman–Crippen MR) is 87.9 cm³/mol. The lowest BCUT2D eigenvalue weighted by atomic mass is 10.0. The normalized spacial score (nSPS) is 28.5. The summed E-state index contributed by atoms with van der Waals surface area (Å²) in [4.78, 5) is 11.3. The van der Waals surface area contributed by atoms with Gasteiger partial charge in [-0.05, 0) is 25.9 Å². The molecule has 0 aliphatic carbocycles. The molecule has 0 unspecified atom stereocenters. The van der Waals surface area contributed by atoms with E-state index in [0.717, 1.165) is 25.9 Å². The number of carbonyl (C=O) groups is 1. The number of halogens is 2. The lowest BCUT2D eigenvalue weighted by Gasteiger charge is -2.28. The number of rotatable bonds is 6. The number of aliphatic hydroxyl groups is 1. The van der Waals surface area contributed by atoms with Crippen molar-refractivity contribution in [3.63, 3.8) is 0 Å². The van der Waals surface area contributed by atoms with Crippen LogP contribution in [0.4, 0.5) is 0 Å². The number of carbonyl (C=O) groups excluding carboxylic acids is 1. The molecule has 22 heavy (non-hydrogen) atoms. The van der Waals surface area contributed by atoms with Crippen molar-refractivity contribution in [1.29, 1.82) is 0 Å². The van der Waals surface area contributed by atoms with E-state index in [1.807, 2.05) is 0 Å². The first-order valence-electron chi connectivity index (χ1n) is 7.22. The smallest absolute Gasteiger partial charge is 0.246 e. The minimum atomic E-state index is -0.590. The maximum Gasteiger partial charge on any atom is 0.246 e.